The Morgan fingerprint density at radius 2 is 1.81 bits per heavy atom. The molecule has 0 radical (unpaired) electrons. The van der Waals surface area contributed by atoms with E-state index in [9.17, 15) is 4.79 Å². The lowest BCUT2D eigenvalue weighted by atomic mass is 10.0. The Labute approximate surface area is 105 Å². The van der Waals surface area contributed by atoms with Gasteiger partial charge in [-0.25, -0.2) is 0 Å². The first-order valence-electron chi connectivity index (χ1n) is 6.45. The summed E-state index contributed by atoms with van der Waals surface area (Å²) in [7, 11) is 0. The molecular weight excluding hydrogens is 222 g/mol. The van der Waals surface area contributed by atoms with Crippen LogP contribution in [0.1, 0.15) is 65.7 Å². The molecule has 1 unspecified atom stereocenters. The van der Waals surface area contributed by atoms with Crippen LogP contribution >= 0.6 is 11.6 Å². The highest BCUT2D eigenvalue weighted by Gasteiger charge is 2.22. The first-order chi connectivity index (χ1) is 7.58. The molecule has 2 nitrogen and oxygen atoms in total. The van der Waals surface area contributed by atoms with Gasteiger partial charge in [0.05, 0.1) is 5.54 Å². The fourth-order valence-electron chi connectivity index (χ4n) is 1.50. The second kappa shape index (κ2) is 8.86. The van der Waals surface area contributed by atoms with Gasteiger partial charge in [-0.2, -0.15) is 0 Å². The highest BCUT2D eigenvalue weighted by atomic mass is 35.5. The van der Waals surface area contributed by atoms with E-state index in [2.05, 4.69) is 12.2 Å². The Morgan fingerprint density at radius 1 is 1.19 bits per heavy atom. The van der Waals surface area contributed by atoms with E-state index in [1.165, 1.54) is 19.3 Å². The molecule has 0 aliphatic rings. The maximum absolute atomic E-state index is 11.6. The maximum atomic E-state index is 11.6. The molecule has 96 valence electrons. The van der Waals surface area contributed by atoms with Crippen LogP contribution in [0.2, 0.25) is 0 Å². The fraction of sp³-hybridized carbons (Fsp3) is 0.923. The van der Waals surface area contributed by atoms with Gasteiger partial charge in [0.15, 0.2) is 0 Å². The predicted molar refractivity (Wildman–Crippen MR) is 70.9 cm³/mol. The van der Waals surface area contributed by atoms with Gasteiger partial charge >= 0.3 is 0 Å². The minimum Gasteiger partial charge on any atom is -0.350 e. The molecule has 0 heterocycles. The number of rotatable bonds is 9. The van der Waals surface area contributed by atoms with Gasteiger partial charge in [0, 0.05) is 12.3 Å². The molecule has 3 heteroatoms. The molecule has 1 N–H and O–H groups in total. The Hall–Kier alpha value is -0.240. The summed E-state index contributed by atoms with van der Waals surface area (Å²) >= 11 is 5.84. The monoisotopic (exact) mass is 247 g/mol. The zero-order valence-electron chi connectivity index (χ0n) is 10.9. The van der Waals surface area contributed by atoms with Crippen LogP contribution in [0.25, 0.3) is 0 Å². The zero-order valence-corrected chi connectivity index (χ0v) is 11.7. The van der Waals surface area contributed by atoms with Crippen LogP contribution in [0.4, 0.5) is 0 Å². The minimum absolute atomic E-state index is 0.140. The Morgan fingerprint density at radius 3 is 2.31 bits per heavy atom. The quantitative estimate of drug-likeness (QED) is 0.486. The van der Waals surface area contributed by atoms with Gasteiger partial charge in [-0.05, 0) is 19.8 Å². The molecular formula is C13H26ClNO. The molecule has 0 aromatic heterocycles. The number of carbonyl (C=O) groups excluding carboxylic acids is 1. The van der Waals surface area contributed by atoms with Gasteiger partial charge in [0.2, 0.25) is 5.91 Å². The van der Waals surface area contributed by atoms with Crippen molar-refractivity contribution in [3.05, 3.63) is 0 Å². The normalized spacial score (nSPS) is 14.5. The van der Waals surface area contributed by atoms with Crippen LogP contribution in [0.5, 0.6) is 0 Å². The Balaban J connectivity index is 3.65. The van der Waals surface area contributed by atoms with Gasteiger partial charge in [-0.15, -0.1) is 11.6 Å². The van der Waals surface area contributed by atoms with E-state index in [1.807, 2.05) is 13.8 Å². The molecule has 0 spiro atoms. The van der Waals surface area contributed by atoms with Crippen LogP contribution in [-0.2, 0) is 4.79 Å². The number of carbonyl (C=O) groups is 1. The highest BCUT2D eigenvalue weighted by molar-refractivity contribution is 6.18. The van der Waals surface area contributed by atoms with Gasteiger partial charge in [0.1, 0.15) is 0 Å². The van der Waals surface area contributed by atoms with Gasteiger partial charge in [-0.1, -0.05) is 39.5 Å². The third kappa shape index (κ3) is 7.10. The Bertz CT molecular complexity index is 190. The van der Waals surface area contributed by atoms with Crippen LogP contribution in [-0.4, -0.2) is 17.3 Å². The van der Waals surface area contributed by atoms with Crippen molar-refractivity contribution in [2.45, 2.75) is 71.3 Å². The molecule has 0 bridgehead atoms. The summed E-state index contributed by atoms with van der Waals surface area (Å²) in [4.78, 5) is 11.6. The van der Waals surface area contributed by atoms with E-state index in [-0.39, 0.29) is 11.4 Å². The zero-order chi connectivity index (χ0) is 12.4. The summed E-state index contributed by atoms with van der Waals surface area (Å²) in [6, 6.07) is 0. The molecule has 0 aromatic rings. The molecule has 0 rings (SSSR count). The van der Waals surface area contributed by atoms with Gasteiger partial charge in [-0.3, -0.25) is 4.79 Å². The number of hydrogen-bond acceptors (Lipinski definition) is 1. The fourth-order valence-corrected chi connectivity index (χ4v) is 1.76. The van der Waals surface area contributed by atoms with Crippen molar-refractivity contribution in [3.63, 3.8) is 0 Å². The first-order valence-corrected chi connectivity index (χ1v) is 6.98. The lowest BCUT2D eigenvalue weighted by Crippen LogP contribution is -2.46. The molecule has 0 saturated carbocycles. The minimum atomic E-state index is -0.234. The van der Waals surface area contributed by atoms with Crippen molar-refractivity contribution in [2.24, 2.45) is 0 Å². The van der Waals surface area contributed by atoms with Crippen molar-refractivity contribution in [2.75, 3.05) is 5.88 Å². The summed E-state index contributed by atoms with van der Waals surface area (Å²) in [6.07, 6.45) is 7.42. The lowest BCUT2D eigenvalue weighted by molar-refractivity contribution is -0.122. The summed E-state index contributed by atoms with van der Waals surface area (Å²) < 4.78 is 0. The number of halogens is 1. The standard InChI is InChI=1S/C13H26ClNO/c1-4-6-7-8-9-10-12(16)15-13(3,5-2)11-14/h4-11H2,1-3H3,(H,15,16). The van der Waals surface area contributed by atoms with Crippen molar-refractivity contribution in [3.8, 4) is 0 Å². The second-order valence-corrected chi connectivity index (χ2v) is 5.03. The van der Waals surface area contributed by atoms with Gasteiger partial charge in [0.25, 0.3) is 0 Å². The largest absolute Gasteiger partial charge is 0.350 e. The number of amides is 1. The third-order valence-corrected chi connectivity index (χ3v) is 3.61. The molecule has 0 saturated heterocycles. The number of hydrogen-bond donors (Lipinski definition) is 1. The van der Waals surface area contributed by atoms with Crippen LogP contribution in [0.15, 0.2) is 0 Å². The molecule has 0 aliphatic carbocycles. The average molecular weight is 248 g/mol. The molecule has 16 heavy (non-hydrogen) atoms. The topological polar surface area (TPSA) is 29.1 Å². The molecule has 0 aliphatic heterocycles. The van der Waals surface area contributed by atoms with E-state index in [0.29, 0.717) is 12.3 Å². The highest BCUT2D eigenvalue weighted by Crippen LogP contribution is 2.12. The van der Waals surface area contributed by atoms with Crippen LogP contribution in [0.3, 0.4) is 0 Å². The van der Waals surface area contributed by atoms with Crippen molar-refractivity contribution >= 4 is 17.5 Å². The van der Waals surface area contributed by atoms with E-state index in [1.54, 1.807) is 0 Å². The number of nitrogens with one attached hydrogen (secondary N) is 1. The SMILES string of the molecule is CCCCCCCC(=O)NC(C)(CC)CCl. The Kier molecular flexibility index (Phi) is 8.73. The molecule has 1 amide bonds. The molecule has 1 atom stereocenters. The van der Waals surface area contributed by atoms with E-state index in [0.717, 1.165) is 19.3 Å². The van der Waals surface area contributed by atoms with Crippen molar-refractivity contribution < 1.29 is 4.79 Å². The van der Waals surface area contributed by atoms with E-state index < -0.39 is 0 Å². The summed E-state index contributed by atoms with van der Waals surface area (Å²) in [5.74, 6) is 0.618. The smallest absolute Gasteiger partial charge is 0.220 e. The summed E-state index contributed by atoms with van der Waals surface area (Å²) in [5.41, 5.74) is -0.234. The van der Waals surface area contributed by atoms with E-state index in [4.69, 9.17) is 11.6 Å². The second-order valence-electron chi connectivity index (χ2n) is 4.76. The summed E-state index contributed by atoms with van der Waals surface area (Å²) in [6.45, 7) is 6.23. The maximum Gasteiger partial charge on any atom is 0.220 e. The molecule has 0 fully saturated rings. The molecule has 0 aromatic carbocycles. The van der Waals surface area contributed by atoms with Crippen LogP contribution < -0.4 is 5.32 Å². The van der Waals surface area contributed by atoms with E-state index >= 15 is 0 Å². The van der Waals surface area contributed by atoms with Crippen LogP contribution in [0, 0.1) is 0 Å². The van der Waals surface area contributed by atoms with Crippen molar-refractivity contribution in [1.82, 2.24) is 5.32 Å². The van der Waals surface area contributed by atoms with Gasteiger partial charge < -0.3 is 5.32 Å². The third-order valence-electron chi connectivity index (χ3n) is 3.02. The number of alkyl halides is 1. The average Bonchev–Trinajstić information content (AvgIpc) is 2.28. The number of unbranched alkanes of at least 4 members (excludes halogenated alkanes) is 4. The lowest BCUT2D eigenvalue weighted by Gasteiger charge is -2.27. The first kappa shape index (κ1) is 15.8. The predicted octanol–water partition coefficient (Wildman–Crippen LogP) is 3.87. The van der Waals surface area contributed by atoms with Crippen molar-refractivity contribution in [1.29, 1.82) is 0 Å². The summed E-state index contributed by atoms with van der Waals surface area (Å²) in [5, 5.41) is 3.01.